The molecule has 1 aliphatic rings. The first-order valence-corrected chi connectivity index (χ1v) is 11.2. The molecule has 0 atom stereocenters. The monoisotopic (exact) mass is 454 g/mol. The minimum absolute atomic E-state index is 0.0758. The number of anilines is 1. The normalized spacial score (nSPS) is 13.2. The van der Waals surface area contributed by atoms with Crippen LogP contribution in [-0.4, -0.2) is 34.9 Å². The Bertz CT molecular complexity index is 1110. The van der Waals surface area contributed by atoms with Gasteiger partial charge >= 0.3 is 0 Å². The molecule has 0 spiro atoms. The van der Waals surface area contributed by atoms with E-state index in [0.29, 0.717) is 35.1 Å². The minimum atomic E-state index is -0.0758. The van der Waals surface area contributed by atoms with Crippen molar-refractivity contribution in [3.8, 4) is 22.9 Å². The summed E-state index contributed by atoms with van der Waals surface area (Å²) in [5.41, 5.74) is 2.47. The molecule has 0 saturated carbocycles. The fourth-order valence-corrected chi connectivity index (χ4v) is 4.18. The second-order valence-corrected chi connectivity index (χ2v) is 8.24. The van der Waals surface area contributed by atoms with E-state index in [1.807, 2.05) is 24.3 Å². The summed E-state index contributed by atoms with van der Waals surface area (Å²) < 4.78 is 12.7. The molecule has 0 bridgehead atoms. The van der Waals surface area contributed by atoms with Gasteiger partial charge in [0.25, 0.3) is 0 Å². The number of methoxy groups -OCH3 is 2. The summed E-state index contributed by atoms with van der Waals surface area (Å²) in [6.45, 7) is 0.885. The number of hydrogen-bond donors (Lipinski definition) is 1. The molecular weight excluding hydrogens is 428 g/mol. The Kier molecular flexibility index (Phi) is 6.95. The van der Waals surface area contributed by atoms with Crippen LogP contribution in [0.5, 0.6) is 11.5 Å². The number of carbonyl (C=O) groups is 1. The Morgan fingerprint density at radius 1 is 1.06 bits per heavy atom. The molecule has 0 fully saturated rings. The molecule has 2 aromatic carbocycles. The fourth-order valence-electron chi connectivity index (χ4n) is 3.98. The lowest BCUT2D eigenvalue weighted by atomic mass is 10.1. The highest BCUT2D eigenvalue weighted by Crippen LogP contribution is 2.32. The van der Waals surface area contributed by atoms with E-state index < -0.39 is 0 Å². The Morgan fingerprint density at radius 3 is 2.72 bits per heavy atom. The standard InChI is InChI=1S/C24H27ClN4O3/c1-31-20-11-7-16(14-21(20)32-2)8-12-23(30)26-17-9-10-19(25)18(15-17)24-28-27-22-6-4-3-5-13-29(22)24/h7,9-11,14-15H,3-6,8,12-13H2,1-2H3,(H,26,30). The first-order valence-electron chi connectivity index (χ1n) is 10.8. The maximum atomic E-state index is 12.6. The third-order valence-electron chi connectivity index (χ3n) is 5.69. The highest BCUT2D eigenvalue weighted by Gasteiger charge is 2.18. The molecule has 7 nitrogen and oxygen atoms in total. The van der Waals surface area contributed by atoms with E-state index in [9.17, 15) is 4.79 Å². The van der Waals surface area contributed by atoms with Gasteiger partial charge in [-0.05, 0) is 55.2 Å². The van der Waals surface area contributed by atoms with E-state index in [0.717, 1.165) is 48.6 Å². The summed E-state index contributed by atoms with van der Waals surface area (Å²) in [4.78, 5) is 12.6. The summed E-state index contributed by atoms with van der Waals surface area (Å²) in [7, 11) is 3.20. The molecular formula is C24H27ClN4O3. The molecule has 2 heterocycles. The molecule has 4 rings (SSSR count). The topological polar surface area (TPSA) is 78.3 Å². The van der Waals surface area contributed by atoms with Crippen LogP contribution in [0.1, 0.15) is 37.1 Å². The smallest absolute Gasteiger partial charge is 0.224 e. The third-order valence-corrected chi connectivity index (χ3v) is 6.02. The maximum Gasteiger partial charge on any atom is 0.224 e. The number of amides is 1. The molecule has 1 aromatic heterocycles. The fraction of sp³-hybridized carbons (Fsp3) is 0.375. The van der Waals surface area contributed by atoms with E-state index in [1.165, 1.54) is 6.42 Å². The Balaban J connectivity index is 1.45. The number of fused-ring (bicyclic) bond motifs is 1. The minimum Gasteiger partial charge on any atom is -0.493 e. The number of ether oxygens (including phenoxy) is 2. The predicted molar refractivity (Wildman–Crippen MR) is 125 cm³/mol. The van der Waals surface area contributed by atoms with Gasteiger partial charge in [0.1, 0.15) is 5.82 Å². The van der Waals surface area contributed by atoms with Crippen LogP contribution in [0.3, 0.4) is 0 Å². The average Bonchev–Trinajstić information content (AvgIpc) is 3.06. The SMILES string of the molecule is COc1ccc(CCC(=O)Nc2ccc(Cl)c(-c3nnc4n3CCCCC4)c2)cc1OC. The van der Waals surface area contributed by atoms with E-state index in [1.54, 1.807) is 26.4 Å². The van der Waals surface area contributed by atoms with Crippen molar-refractivity contribution in [2.75, 3.05) is 19.5 Å². The van der Waals surface area contributed by atoms with Crippen LogP contribution in [0.25, 0.3) is 11.4 Å². The number of benzene rings is 2. The Morgan fingerprint density at radius 2 is 1.91 bits per heavy atom. The Hall–Kier alpha value is -3.06. The van der Waals surface area contributed by atoms with Crippen LogP contribution in [0.2, 0.25) is 5.02 Å². The molecule has 3 aromatic rings. The highest BCUT2D eigenvalue weighted by molar-refractivity contribution is 6.33. The first kappa shape index (κ1) is 22.1. The van der Waals surface area contributed by atoms with Crippen LogP contribution >= 0.6 is 11.6 Å². The first-order chi connectivity index (χ1) is 15.6. The quantitative estimate of drug-likeness (QED) is 0.548. The Labute approximate surface area is 192 Å². The number of aryl methyl sites for hydroxylation is 2. The van der Waals surface area contributed by atoms with Crippen molar-refractivity contribution in [3.05, 3.63) is 52.8 Å². The second kappa shape index (κ2) is 10.0. The van der Waals surface area contributed by atoms with Crippen molar-refractivity contribution in [3.63, 3.8) is 0 Å². The van der Waals surface area contributed by atoms with E-state index >= 15 is 0 Å². The third kappa shape index (κ3) is 4.88. The average molecular weight is 455 g/mol. The van der Waals surface area contributed by atoms with Gasteiger partial charge in [0, 0.05) is 30.6 Å². The highest BCUT2D eigenvalue weighted by atomic mass is 35.5. The van der Waals surface area contributed by atoms with Crippen LogP contribution in [0.4, 0.5) is 5.69 Å². The lowest BCUT2D eigenvalue weighted by Crippen LogP contribution is -2.12. The maximum absolute atomic E-state index is 12.6. The van der Waals surface area contributed by atoms with Gasteiger partial charge in [0.15, 0.2) is 17.3 Å². The molecule has 0 radical (unpaired) electrons. The molecule has 1 N–H and O–H groups in total. The van der Waals surface area contributed by atoms with E-state index in [4.69, 9.17) is 21.1 Å². The van der Waals surface area contributed by atoms with Crippen LogP contribution in [0.15, 0.2) is 36.4 Å². The molecule has 32 heavy (non-hydrogen) atoms. The van der Waals surface area contributed by atoms with E-state index in [2.05, 4.69) is 20.1 Å². The summed E-state index contributed by atoms with van der Waals surface area (Å²) in [6, 6.07) is 11.1. The number of rotatable bonds is 7. The van der Waals surface area contributed by atoms with Crippen molar-refractivity contribution in [2.24, 2.45) is 0 Å². The lowest BCUT2D eigenvalue weighted by molar-refractivity contribution is -0.116. The van der Waals surface area contributed by atoms with Crippen LogP contribution in [0, 0.1) is 0 Å². The number of nitrogens with one attached hydrogen (secondary N) is 1. The van der Waals surface area contributed by atoms with Gasteiger partial charge in [0.2, 0.25) is 5.91 Å². The zero-order chi connectivity index (χ0) is 22.5. The lowest BCUT2D eigenvalue weighted by Gasteiger charge is -2.12. The number of aromatic nitrogens is 3. The molecule has 1 amide bonds. The zero-order valence-electron chi connectivity index (χ0n) is 18.4. The van der Waals surface area contributed by atoms with Crippen molar-refractivity contribution >= 4 is 23.2 Å². The van der Waals surface area contributed by atoms with Gasteiger partial charge < -0.3 is 19.4 Å². The number of halogens is 1. The summed E-state index contributed by atoms with van der Waals surface area (Å²) in [6.07, 6.45) is 5.27. The van der Waals surface area contributed by atoms with Gasteiger partial charge in [-0.3, -0.25) is 4.79 Å². The predicted octanol–water partition coefficient (Wildman–Crippen LogP) is 4.91. The molecule has 0 aliphatic carbocycles. The molecule has 8 heteroatoms. The molecule has 1 aliphatic heterocycles. The van der Waals surface area contributed by atoms with Gasteiger partial charge in [0.05, 0.1) is 19.2 Å². The summed E-state index contributed by atoms with van der Waals surface area (Å²) in [5.74, 6) is 3.00. The van der Waals surface area contributed by atoms with Crippen molar-refractivity contribution in [2.45, 2.75) is 45.1 Å². The molecule has 0 unspecified atom stereocenters. The van der Waals surface area contributed by atoms with Crippen LogP contribution < -0.4 is 14.8 Å². The van der Waals surface area contributed by atoms with Crippen molar-refractivity contribution < 1.29 is 14.3 Å². The summed E-state index contributed by atoms with van der Waals surface area (Å²) in [5, 5.41) is 12.3. The number of nitrogens with zero attached hydrogens (tertiary/aromatic N) is 3. The zero-order valence-corrected chi connectivity index (χ0v) is 19.1. The molecule has 168 valence electrons. The van der Waals surface area contributed by atoms with Crippen molar-refractivity contribution in [1.29, 1.82) is 0 Å². The van der Waals surface area contributed by atoms with Gasteiger partial charge in [-0.1, -0.05) is 24.1 Å². The van der Waals surface area contributed by atoms with Gasteiger partial charge in [-0.2, -0.15) is 0 Å². The van der Waals surface area contributed by atoms with Crippen LogP contribution in [-0.2, 0) is 24.2 Å². The molecule has 0 saturated heterocycles. The number of hydrogen-bond acceptors (Lipinski definition) is 5. The van der Waals surface area contributed by atoms with Gasteiger partial charge in [-0.25, -0.2) is 0 Å². The largest absolute Gasteiger partial charge is 0.493 e. The number of carbonyl (C=O) groups excluding carboxylic acids is 1. The second-order valence-electron chi connectivity index (χ2n) is 7.83. The van der Waals surface area contributed by atoms with E-state index in [-0.39, 0.29) is 5.91 Å². The van der Waals surface area contributed by atoms with Gasteiger partial charge in [-0.15, -0.1) is 10.2 Å². The summed E-state index contributed by atoms with van der Waals surface area (Å²) >= 11 is 6.49. The van der Waals surface area contributed by atoms with Crippen molar-refractivity contribution in [1.82, 2.24) is 14.8 Å².